The fourth-order valence-corrected chi connectivity index (χ4v) is 1.78. The summed E-state index contributed by atoms with van der Waals surface area (Å²) in [5.74, 6) is 0.276. The number of nitrogens with zero attached hydrogens (tertiary/aromatic N) is 3. The van der Waals surface area contributed by atoms with Gasteiger partial charge >= 0.3 is 0 Å². The lowest BCUT2D eigenvalue weighted by atomic mass is 10.1. The molecule has 0 aliphatic carbocycles. The number of hydrogen-bond donors (Lipinski definition) is 1. The van der Waals surface area contributed by atoms with Crippen LogP contribution in [-0.4, -0.2) is 21.3 Å². The van der Waals surface area contributed by atoms with Crippen molar-refractivity contribution in [2.45, 2.75) is 20.4 Å². The van der Waals surface area contributed by atoms with E-state index in [4.69, 9.17) is 0 Å². The molecule has 0 aliphatic rings. The molecule has 0 bridgehead atoms. The predicted octanol–water partition coefficient (Wildman–Crippen LogP) is 2.15. The molecule has 0 unspecified atom stereocenters. The van der Waals surface area contributed by atoms with Crippen molar-refractivity contribution in [3.8, 4) is 5.69 Å². The Morgan fingerprint density at radius 1 is 1.39 bits per heavy atom. The Morgan fingerprint density at radius 3 is 2.89 bits per heavy atom. The van der Waals surface area contributed by atoms with E-state index in [1.165, 1.54) is 23.4 Å². The van der Waals surface area contributed by atoms with E-state index in [1.54, 1.807) is 6.07 Å². The third-order valence-corrected chi connectivity index (χ3v) is 2.59. The molecule has 0 saturated heterocycles. The summed E-state index contributed by atoms with van der Waals surface area (Å²) in [6.07, 6.45) is 2.90. The Hall–Kier alpha value is -1.75. The Morgan fingerprint density at radius 2 is 2.22 bits per heavy atom. The van der Waals surface area contributed by atoms with E-state index in [9.17, 15) is 4.39 Å². The van der Waals surface area contributed by atoms with Gasteiger partial charge in [0.15, 0.2) is 0 Å². The van der Waals surface area contributed by atoms with Gasteiger partial charge in [0.2, 0.25) is 0 Å². The normalized spacial score (nSPS) is 11.1. The maximum atomic E-state index is 13.9. The van der Waals surface area contributed by atoms with Crippen molar-refractivity contribution in [2.24, 2.45) is 5.92 Å². The first-order valence-electron chi connectivity index (χ1n) is 6.01. The van der Waals surface area contributed by atoms with Crippen molar-refractivity contribution >= 4 is 0 Å². The van der Waals surface area contributed by atoms with Crippen LogP contribution in [0.1, 0.15) is 19.4 Å². The highest BCUT2D eigenvalue weighted by atomic mass is 19.1. The Labute approximate surface area is 106 Å². The Kier molecular flexibility index (Phi) is 4.04. The van der Waals surface area contributed by atoms with Crippen LogP contribution in [-0.2, 0) is 6.54 Å². The molecule has 4 nitrogen and oxygen atoms in total. The van der Waals surface area contributed by atoms with Crippen LogP contribution in [0.4, 0.5) is 4.39 Å². The quantitative estimate of drug-likeness (QED) is 0.881. The highest BCUT2D eigenvalue weighted by Crippen LogP contribution is 2.17. The number of aromatic nitrogens is 3. The van der Waals surface area contributed by atoms with Gasteiger partial charge in [-0.2, -0.15) is 5.10 Å². The van der Waals surface area contributed by atoms with Gasteiger partial charge in [0.25, 0.3) is 0 Å². The average Bonchev–Trinajstić information content (AvgIpc) is 2.82. The third kappa shape index (κ3) is 2.92. The van der Waals surface area contributed by atoms with E-state index in [2.05, 4.69) is 29.2 Å². The van der Waals surface area contributed by atoms with Crippen molar-refractivity contribution in [3.63, 3.8) is 0 Å². The van der Waals surface area contributed by atoms with Crippen molar-refractivity contribution in [2.75, 3.05) is 6.54 Å². The molecule has 18 heavy (non-hydrogen) atoms. The van der Waals surface area contributed by atoms with Gasteiger partial charge in [0, 0.05) is 6.54 Å². The van der Waals surface area contributed by atoms with Crippen molar-refractivity contribution in [3.05, 3.63) is 42.2 Å². The molecule has 0 saturated carbocycles. The minimum absolute atomic E-state index is 0.288. The molecule has 1 heterocycles. The number of nitrogens with one attached hydrogen (secondary N) is 1. The standard InChI is InChI=1S/C13H17FN4/c1-10(2)6-15-7-11-4-3-5-12(14)13(11)18-9-16-8-17-18/h3-5,8-10,15H,6-7H2,1-2H3. The van der Waals surface area contributed by atoms with Crippen LogP contribution in [0.25, 0.3) is 5.69 Å². The largest absolute Gasteiger partial charge is 0.312 e. The van der Waals surface area contributed by atoms with Crippen LogP contribution < -0.4 is 5.32 Å². The maximum Gasteiger partial charge on any atom is 0.149 e. The maximum absolute atomic E-state index is 13.9. The lowest BCUT2D eigenvalue weighted by Gasteiger charge is -2.12. The number of halogens is 1. The van der Waals surface area contributed by atoms with E-state index >= 15 is 0 Å². The Balaban J connectivity index is 2.22. The minimum Gasteiger partial charge on any atom is -0.312 e. The molecule has 2 rings (SSSR count). The molecule has 0 radical (unpaired) electrons. The molecule has 0 spiro atoms. The Bertz CT molecular complexity index is 494. The van der Waals surface area contributed by atoms with Crippen molar-refractivity contribution in [1.82, 2.24) is 20.1 Å². The lowest BCUT2D eigenvalue weighted by molar-refractivity contribution is 0.547. The number of benzene rings is 1. The molecule has 0 amide bonds. The van der Waals surface area contributed by atoms with Gasteiger partial charge in [-0.15, -0.1) is 0 Å². The summed E-state index contributed by atoms with van der Waals surface area (Å²) in [5, 5.41) is 7.29. The molecular weight excluding hydrogens is 231 g/mol. The van der Waals surface area contributed by atoms with E-state index < -0.39 is 0 Å². The van der Waals surface area contributed by atoms with Gasteiger partial charge < -0.3 is 5.32 Å². The molecule has 0 aliphatic heterocycles. The fraction of sp³-hybridized carbons (Fsp3) is 0.385. The summed E-state index contributed by atoms with van der Waals surface area (Å²) in [6.45, 7) is 5.78. The van der Waals surface area contributed by atoms with Gasteiger partial charge in [-0.05, 0) is 24.1 Å². The van der Waals surface area contributed by atoms with Crippen molar-refractivity contribution in [1.29, 1.82) is 0 Å². The first kappa shape index (κ1) is 12.7. The number of rotatable bonds is 5. The summed E-state index contributed by atoms with van der Waals surface area (Å²) in [6, 6.07) is 5.04. The number of hydrogen-bond acceptors (Lipinski definition) is 3. The second kappa shape index (κ2) is 5.73. The van der Waals surface area contributed by atoms with E-state index in [0.717, 1.165) is 12.1 Å². The van der Waals surface area contributed by atoms with Gasteiger partial charge in [-0.1, -0.05) is 26.0 Å². The molecule has 0 fully saturated rings. The highest BCUT2D eigenvalue weighted by molar-refractivity contribution is 5.41. The molecule has 1 N–H and O–H groups in total. The van der Waals surface area contributed by atoms with E-state index in [0.29, 0.717) is 18.2 Å². The van der Waals surface area contributed by atoms with E-state index in [1.807, 2.05) is 6.07 Å². The van der Waals surface area contributed by atoms with Crippen LogP contribution in [0.5, 0.6) is 0 Å². The monoisotopic (exact) mass is 248 g/mol. The highest BCUT2D eigenvalue weighted by Gasteiger charge is 2.10. The zero-order valence-corrected chi connectivity index (χ0v) is 10.6. The lowest BCUT2D eigenvalue weighted by Crippen LogP contribution is -2.20. The first-order valence-corrected chi connectivity index (χ1v) is 6.01. The zero-order valence-electron chi connectivity index (χ0n) is 10.6. The molecule has 1 aromatic carbocycles. The zero-order chi connectivity index (χ0) is 13.0. The van der Waals surface area contributed by atoms with Crippen LogP contribution in [0.2, 0.25) is 0 Å². The van der Waals surface area contributed by atoms with Crippen LogP contribution in [0, 0.1) is 11.7 Å². The molecule has 5 heteroatoms. The van der Waals surface area contributed by atoms with Crippen LogP contribution >= 0.6 is 0 Å². The minimum atomic E-state index is -0.288. The predicted molar refractivity (Wildman–Crippen MR) is 67.9 cm³/mol. The average molecular weight is 248 g/mol. The molecular formula is C13H17FN4. The molecule has 0 atom stereocenters. The molecule has 2 aromatic rings. The summed E-state index contributed by atoms with van der Waals surface area (Å²) in [7, 11) is 0. The number of para-hydroxylation sites is 1. The van der Waals surface area contributed by atoms with Gasteiger partial charge in [0.05, 0.1) is 0 Å². The summed E-state index contributed by atoms with van der Waals surface area (Å²) >= 11 is 0. The summed E-state index contributed by atoms with van der Waals surface area (Å²) < 4.78 is 15.3. The fourth-order valence-electron chi connectivity index (χ4n) is 1.78. The SMILES string of the molecule is CC(C)CNCc1cccc(F)c1-n1cncn1. The van der Waals surface area contributed by atoms with Crippen LogP contribution in [0.15, 0.2) is 30.9 Å². The van der Waals surface area contributed by atoms with Gasteiger partial charge in [-0.3, -0.25) is 0 Å². The molecule has 96 valence electrons. The topological polar surface area (TPSA) is 42.7 Å². The summed E-state index contributed by atoms with van der Waals surface area (Å²) in [5.41, 5.74) is 1.34. The second-order valence-electron chi connectivity index (χ2n) is 4.61. The smallest absolute Gasteiger partial charge is 0.149 e. The van der Waals surface area contributed by atoms with Gasteiger partial charge in [-0.25, -0.2) is 14.1 Å². The first-order chi connectivity index (χ1) is 8.68. The second-order valence-corrected chi connectivity index (χ2v) is 4.61. The van der Waals surface area contributed by atoms with Crippen molar-refractivity contribution < 1.29 is 4.39 Å². The molecule has 1 aromatic heterocycles. The summed E-state index contributed by atoms with van der Waals surface area (Å²) in [4.78, 5) is 3.85. The van der Waals surface area contributed by atoms with Gasteiger partial charge in [0.1, 0.15) is 24.2 Å². The van der Waals surface area contributed by atoms with E-state index in [-0.39, 0.29) is 5.82 Å². The third-order valence-electron chi connectivity index (χ3n) is 2.59. The van der Waals surface area contributed by atoms with Crippen LogP contribution in [0.3, 0.4) is 0 Å².